The third-order valence-electron chi connectivity index (χ3n) is 3.82. The van der Waals surface area contributed by atoms with Gasteiger partial charge >= 0.3 is 5.89 Å². The van der Waals surface area contributed by atoms with Gasteiger partial charge < -0.3 is 4.42 Å². The monoisotopic (exact) mass is 293 g/mol. The van der Waals surface area contributed by atoms with Gasteiger partial charge in [0.05, 0.1) is 5.56 Å². The Morgan fingerprint density at radius 2 is 1.41 bits per heavy atom. The zero-order chi connectivity index (χ0) is 15.9. The molecule has 1 heterocycles. The number of nitrogens with zero attached hydrogens (tertiary/aromatic N) is 2. The van der Waals surface area contributed by atoms with Crippen molar-refractivity contribution < 1.29 is 9.10 Å². The smallest absolute Gasteiger partial charge is 0.382 e. The molecule has 0 amide bonds. The van der Waals surface area contributed by atoms with Crippen molar-refractivity contribution in [3.63, 3.8) is 0 Å². The van der Waals surface area contributed by atoms with E-state index in [0.29, 0.717) is 5.89 Å². The molecule has 0 N–H and O–H groups in total. The Balaban J connectivity index is 2.23. The Hall–Kier alpha value is -2.42. The van der Waals surface area contributed by atoms with Crippen molar-refractivity contribution in [1.29, 1.82) is 0 Å². The van der Waals surface area contributed by atoms with Gasteiger partial charge in [-0.1, -0.05) is 23.3 Å². The van der Waals surface area contributed by atoms with Crippen LogP contribution >= 0.6 is 0 Å². The van der Waals surface area contributed by atoms with E-state index in [1.54, 1.807) is 0 Å². The lowest BCUT2D eigenvalue weighted by Crippen LogP contribution is -2.36. The summed E-state index contributed by atoms with van der Waals surface area (Å²) in [4.78, 5) is 0. The summed E-state index contributed by atoms with van der Waals surface area (Å²) >= 11 is 0. The molecule has 0 radical (unpaired) electrons. The van der Waals surface area contributed by atoms with Gasteiger partial charge in [-0.25, -0.2) is 0 Å². The second-order valence-corrected chi connectivity index (χ2v) is 5.95. The van der Waals surface area contributed by atoms with Crippen molar-refractivity contribution >= 4 is 0 Å². The maximum absolute atomic E-state index is 5.89. The molecule has 0 spiro atoms. The maximum Gasteiger partial charge on any atom is 0.413 e. The second kappa shape index (κ2) is 5.41. The highest BCUT2D eigenvalue weighted by atomic mass is 16.4. The minimum absolute atomic E-state index is 0.662. The van der Waals surface area contributed by atoms with E-state index in [1.165, 1.54) is 22.3 Å². The molecule has 3 nitrogen and oxygen atoms in total. The van der Waals surface area contributed by atoms with E-state index in [0.717, 1.165) is 17.1 Å². The average Bonchev–Trinajstić information content (AvgIpc) is 2.80. The van der Waals surface area contributed by atoms with E-state index >= 15 is 0 Å². The molecule has 0 saturated heterocycles. The molecule has 3 heteroatoms. The molecule has 1 aromatic heterocycles. The minimum Gasteiger partial charge on any atom is -0.382 e. The van der Waals surface area contributed by atoms with Gasteiger partial charge in [-0.3, -0.25) is 0 Å². The number of benzene rings is 2. The molecule has 0 unspecified atom stereocenters. The quantitative estimate of drug-likeness (QED) is 0.664. The van der Waals surface area contributed by atoms with Crippen LogP contribution in [0.2, 0.25) is 0 Å². The predicted molar refractivity (Wildman–Crippen MR) is 87.2 cm³/mol. The highest BCUT2D eigenvalue weighted by molar-refractivity contribution is 5.52. The van der Waals surface area contributed by atoms with Gasteiger partial charge in [-0.15, -0.1) is 0 Å². The number of hydrogen-bond donors (Lipinski definition) is 0. The van der Waals surface area contributed by atoms with Crippen LogP contribution in [0.5, 0.6) is 0 Å². The molecular weight excluding hydrogens is 272 g/mol. The topological polar surface area (TPSA) is 29.9 Å². The molecule has 112 valence electrons. The number of aromatic nitrogens is 2. The summed E-state index contributed by atoms with van der Waals surface area (Å²) in [5.74, 6) is 1.43. The first-order valence-electron chi connectivity index (χ1n) is 7.51. The van der Waals surface area contributed by atoms with Crippen molar-refractivity contribution in [3.05, 3.63) is 64.5 Å². The molecule has 0 bridgehead atoms. The lowest BCUT2D eigenvalue weighted by molar-refractivity contribution is -0.649. The van der Waals surface area contributed by atoms with Crippen molar-refractivity contribution in [3.8, 4) is 17.1 Å². The summed E-state index contributed by atoms with van der Waals surface area (Å²) < 4.78 is 7.81. The third kappa shape index (κ3) is 2.54. The Labute approximate surface area is 131 Å². The van der Waals surface area contributed by atoms with E-state index < -0.39 is 0 Å². The van der Waals surface area contributed by atoms with Crippen molar-refractivity contribution in [2.24, 2.45) is 0 Å². The molecule has 0 aliphatic carbocycles. The molecule has 3 aromatic rings. The van der Waals surface area contributed by atoms with Gasteiger partial charge in [0.25, 0.3) is 5.89 Å². The molecule has 0 saturated carbocycles. The largest absolute Gasteiger partial charge is 0.413 e. The second-order valence-electron chi connectivity index (χ2n) is 5.95. The maximum atomic E-state index is 5.89. The zero-order valence-electron chi connectivity index (χ0n) is 13.8. The summed E-state index contributed by atoms with van der Waals surface area (Å²) in [5.41, 5.74) is 7.02. The average molecular weight is 293 g/mol. The van der Waals surface area contributed by atoms with E-state index in [1.807, 2.05) is 11.6 Å². The summed E-state index contributed by atoms with van der Waals surface area (Å²) in [5, 5.41) is 4.58. The summed E-state index contributed by atoms with van der Waals surface area (Å²) in [6.07, 6.45) is 0. The van der Waals surface area contributed by atoms with Gasteiger partial charge in [0.15, 0.2) is 0 Å². The SMILES string of the molecule is Cc1ccc(-c2oc(C)n[n+]2-c2c(C)cc(C)cc2C)cc1. The van der Waals surface area contributed by atoms with Gasteiger partial charge in [-0.2, -0.15) is 0 Å². The Kier molecular flexibility index (Phi) is 3.57. The van der Waals surface area contributed by atoms with Crippen molar-refractivity contribution in [1.82, 2.24) is 5.10 Å². The summed E-state index contributed by atoms with van der Waals surface area (Å²) in [6.45, 7) is 10.3. The first-order chi connectivity index (χ1) is 10.5. The molecular formula is C19H21N2O+. The van der Waals surface area contributed by atoms with E-state index in [-0.39, 0.29) is 0 Å². The van der Waals surface area contributed by atoms with Crippen LogP contribution in [-0.2, 0) is 0 Å². The van der Waals surface area contributed by atoms with Gasteiger partial charge in [0, 0.05) is 23.1 Å². The molecule has 3 rings (SSSR count). The van der Waals surface area contributed by atoms with Gasteiger partial charge in [-0.05, 0) is 56.6 Å². The fourth-order valence-electron chi connectivity index (χ4n) is 2.93. The fraction of sp³-hybridized carbons (Fsp3) is 0.263. The van der Waals surface area contributed by atoms with Gasteiger partial charge in [0.1, 0.15) is 0 Å². The van der Waals surface area contributed by atoms with Crippen LogP contribution in [0.3, 0.4) is 0 Å². The number of hydrogen-bond acceptors (Lipinski definition) is 2. The van der Waals surface area contributed by atoms with Crippen LogP contribution < -0.4 is 4.68 Å². The van der Waals surface area contributed by atoms with E-state index in [9.17, 15) is 0 Å². The number of rotatable bonds is 2. The Morgan fingerprint density at radius 3 is 2.00 bits per heavy atom. The van der Waals surface area contributed by atoms with E-state index in [2.05, 4.69) is 69.2 Å². The standard InChI is InChI=1S/C19H21N2O/c1-12-6-8-17(9-7-12)19-21(20-16(5)22-19)18-14(3)10-13(2)11-15(18)4/h6-11H,1-5H3/q+1. The Bertz CT molecular complexity index is 806. The van der Waals surface area contributed by atoms with E-state index in [4.69, 9.17) is 4.42 Å². The van der Waals surface area contributed by atoms with Crippen LogP contribution in [0.4, 0.5) is 0 Å². The van der Waals surface area contributed by atoms with Crippen molar-refractivity contribution in [2.75, 3.05) is 0 Å². The minimum atomic E-state index is 0.662. The molecule has 2 aromatic carbocycles. The zero-order valence-corrected chi connectivity index (χ0v) is 13.8. The summed E-state index contributed by atoms with van der Waals surface area (Å²) in [6, 6.07) is 12.7. The molecule has 0 aliphatic rings. The summed E-state index contributed by atoms with van der Waals surface area (Å²) in [7, 11) is 0. The molecule has 0 fully saturated rings. The number of aryl methyl sites for hydroxylation is 5. The first-order valence-corrected chi connectivity index (χ1v) is 7.51. The van der Waals surface area contributed by atoms with Crippen LogP contribution in [0, 0.1) is 34.6 Å². The van der Waals surface area contributed by atoms with Crippen molar-refractivity contribution in [2.45, 2.75) is 34.6 Å². The van der Waals surface area contributed by atoms with Crippen LogP contribution in [0.15, 0.2) is 40.8 Å². The molecule has 22 heavy (non-hydrogen) atoms. The van der Waals surface area contributed by atoms with Crippen LogP contribution in [0.25, 0.3) is 17.1 Å². The molecule has 0 aliphatic heterocycles. The first kappa shape index (κ1) is 14.5. The lowest BCUT2D eigenvalue weighted by atomic mass is 10.0. The van der Waals surface area contributed by atoms with Crippen LogP contribution in [-0.4, -0.2) is 5.10 Å². The molecule has 0 atom stereocenters. The third-order valence-corrected chi connectivity index (χ3v) is 3.82. The normalized spacial score (nSPS) is 11.0. The van der Waals surface area contributed by atoms with Gasteiger partial charge in [0.2, 0.25) is 5.69 Å². The predicted octanol–water partition coefficient (Wildman–Crippen LogP) is 4.16. The lowest BCUT2D eigenvalue weighted by Gasteiger charge is -2.03. The highest BCUT2D eigenvalue weighted by Crippen LogP contribution is 2.22. The van der Waals surface area contributed by atoms with Crippen LogP contribution in [0.1, 0.15) is 28.1 Å². The Morgan fingerprint density at radius 1 is 0.818 bits per heavy atom. The highest BCUT2D eigenvalue weighted by Gasteiger charge is 2.28. The fourth-order valence-corrected chi connectivity index (χ4v) is 2.93.